The molecule has 0 atom stereocenters. The molecule has 26 heavy (non-hydrogen) atoms. The molecule has 3 aromatic rings. The molecule has 2 N–H and O–H groups in total. The summed E-state index contributed by atoms with van der Waals surface area (Å²) >= 11 is 3.25. The number of carbonyl (C=O) groups excluding carboxylic acids is 1. The summed E-state index contributed by atoms with van der Waals surface area (Å²) in [5.74, 6) is 1.27. The predicted octanol–water partition coefficient (Wildman–Crippen LogP) is 3.78. The van der Waals surface area contributed by atoms with Crippen LogP contribution in [0.1, 0.15) is 24.2 Å². The third-order valence-corrected chi connectivity index (χ3v) is 4.90. The van der Waals surface area contributed by atoms with Gasteiger partial charge in [0.25, 0.3) is 11.5 Å². The van der Waals surface area contributed by atoms with Gasteiger partial charge in [-0.05, 0) is 59.5 Å². The number of fused-ring (bicyclic) bond motifs is 3. The van der Waals surface area contributed by atoms with Crippen LogP contribution >= 0.6 is 15.9 Å². The number of aryl methyl sites for hydroxylation is 2. The number of carbonyl (C=O) groups is 1. The van der Waals surface area contributed by atoms with Crippen LogP contribution in [0.15, 0.2) is 44.1 Å². The van der Waals surface area contributed by atoms with Gasteiger partial charge in [0.15, 0.2) is 6.61 Å². The van der Waals surface area contributed by atoms with Gasteiger partial charge in [-0.15, -0.1) is 0 Å². The van der Waals surface area contributed by atoms with Crippen LogP contribution in [-0.4, -0.2) is 17.5 Å². The number of hydrogen-bond donors (Lipinski definition) is 2. The molecule has 0 saturated carbocycles. The Kier molecular flexibility index (Phi) is 4.55. The average Bonchev–Trinajstić information content (AvgIpc) is 3.01. The van der Waals surface area contributed by atoms with E-state index in [2.05, 4.69) is 26.2 Å². The molecule has 4 rings (SSSR count). The van der Waals surface area contributed by atoms with E-state index < -0.39 is 5.91 Å². The van der Waals surface area contributed by atoms with E-state index >= 15 is 0 Å². The summed E-state index contributed by atoms with van der Waals surface area (Å²) in [5.41, 5.74) is 1.91. The summed E-state index contributed by atoms with van der Waals surface area (Å²) < 4.78 is 12.2. The highest BCUT2D eigenvalue weighted by Gasteiger charge is 2.18. The van der Waals surface area contributed by atoms with Gasteiger partial charge < -0.3 is 19.5 Å². The maximum absolute atomic E-state index is 12.1. The van der Waals surface area contributed by atoms with Crippen LogP contribution < -0.4 is 15.6 Å². The van der Waals surface area contributed by atoms with Crippen molar-refractivity contribution in [3.8, 4) is 5.75 Å². The molecule has 0 aliphatic heterocycles. The molecule has 134 valence electrons. The van der Waals surface area contributed by atoms with Gasteiger partial charge in [0.05, 0.1) is 0 Å². The summed E-state index contributed by atoms with van der Waals surface area (Å²) in [6.45, 7) is -0.183. The number of aromatic amines is 1. The maximum atomic E-state index is 12.1. The van der Waals surface area contributed by atoms with Gasteiger partial charge >= 0.3 is 0 Å². The van der Waals surface area contributed by atoms with Crippen molar-refractivity contribution in [3.63, 3.8) is 0 Å². The quantitative estimate of drug-likeness (QED) is 0.677. The Labute approximate surface area is 157 Å². The molecule has 1 aliphatic carbocycles. The largest absolute Gasteiger partial charge is 0.484 e. The predicted molar refractivity (Wildman–Crippen MR) is 102 cm³/mol. The minimum absolute atomic E-state index is 0.173. The lowest BCUT2D eigenvalue weighted by Crippen LogP contribution is -2.24. The molecule has 1 amide bonds. The maximum Gasteiger partial charge on any atom is 0.271 e. The lowest BCUT2D eigenvalue weighted by atomic mass is 9.96. The molecular formula is C19H17BrN2O4. The molecule has 0 radical (unpaired) electrons. The highest BCUT2D eigenvalue weighted by molar-refractivity contribution is 9.10. The van der Waals surface area contributed by atoms with Crippen LogP contribution in [0.4, 0.5) is 5.69 Å². The Morgan fingerprint density at radius 2 is 2.12 bits per heavy atom. The first-order chi connectivity index (χ1) is 12.6. The van der Waals surface area contributed by atoms with Crippen LogP contribution in [0.2, 0.25) is 0 Å². The van der Waals surface area contributed by atoms with Crippen LogP contribution in [-0.2, 0) is 17.6 Å². The van der Waals surface area contributed by atoms with Crippen LogP contribution in [0, 0.1) is 0 Å². The first kappa shape index (κ1) is 16.9. The highest BCUT2D eigenvalue weighted by Crippen LogP contribution is 2.33. The lowest BCUT2D eigenvalue weighted by molar-refractivity contribution is -0.118. The number of amides is 1. The monoisotopic (exact) mass is 416 g/mol. The van der Waals surface area contributed by atoms with Crippen molar-refractivity contribution in [2.24, 2.45) is 0 Å². The number of aromatic nitrogens is 1. The van der Waals surface area contributed by atoms with Gasteiger partial charge in [-0.2, -0.15) is 0 Å². The Bertz CT molecular complexity index is 1040. The Hall–Kier alpha value is -2.54. The van der Waals surface area contributed by atoms with Crippen molar-refractivity contribution >= 4 is 38.5 Å². The first-order valence-electron chi connectivity index (χ1n) is 8.45. The minimum Gasteiger partial charge on any atom is -0.484 e. The molecule has 1 aliphatic rings. The van der Waals surface area contributed by atoms with Crippen molar-refractivity contribution < 1.29 is 13.9 Å². The number of H-pyrrole nitrogens is 1. The molecule has 0 saturated heterocycles. The number of pyridine rings is 1. The zero-order valence-corrected chi connectivity index (χ0v) is 15.5. The number of anilines is 1. The fraction of sp³-hybridized carbons (Fsp3) is 0.263. The Morgan fingerprint density at radius 1 is 1.27 bits per heavy atom. The van der Waals surface area contributed by atoms with E-state index in [1.165, 1.54) is 11.8 Å². The molecular weight excluding hydrogens is 400 g/mol. The fourth-order valence-corrected chi connectivity index (χ4v) is 3.56. The number of rotatable bonds is 4. The van der Waals surface area contributed by atoms with Crippen molar-refractivity contribution in [3.05, 3.63) is 56.6 Å². The van der Waals surface area contributed by atoms with Crippen molar-refractivity contribution in [1.82, 2.24) is 4.98 Å². The van der Waals surface area contributed by atoms with E-state index in [4.69, 9.17) is 9.15 Å². The van der Waals surface area contributed by atoms with Gasteiger partial charge in [-0.1, -0.05) is 0 Å². The number of ether oxygens (including phenoxy) is 1. The Morgan fingerprint density at radius 3 is 3.00 bits per heavy atom. The van der Waals surface area contributed by atoms with E-state index in [1.807, 2.05) is 12.1 Å². The topological polar surface area (TPSA) is 84.3 Å². The van der Waals surface area contributed by atoms with Crippen molar-refractivity contribution in [2.45, 2.75) is 25.7 Å². The minimum atomic E-state index is -0.400. The summed E-state index contributed by atoms with van der Waals surface area (Å²) in [5, 5.41) is 3.60. The van der Waals surface area contributed by atoms with Gasteiger partial charge in [0.2, 0.25) is 0 Å². The van der Waals surface area contributed by atoms with Gasteiger partial charge in [-0.3, -0.25) is 9.59 Å². The highest BCUT2D eigenvalue weighted by atomic mass is 79.9. The smallest absolute Gasteiger partial charge is 0.271 e. The third-order valence-electron chi connectivity index (χ3n) is 4.44. The van der Waals surface area contributed by atoms with Gasteiger partial charge in [0, 0.05) is 28.0 Å². The van der Waals surface area contributed by atoms with Gasteiger partial charge in [-0.25, -0.2) is 0 Å². The number of benzene rings is 1. The molecule has 1 aromatic carbocycles. The third kappa shape index (κ3) is 3.39. The second-order valence-corrected chi connectivity index (χ2v) is 7.18. The zero-order valence-electron chi connectivity index (χ0n) is 13.9. The fourth-order valence-electron chi connectivity index (χ4n) is 3.22. The van der Waals surface area contributed by atoms with E-state index in [0.29, 0.717) is 10.2 Å². The molecule has 6 nitrogen and oxygen atoms in total. The van der Waals surface area contributed by atoms with E-state index in [0.717, 1.165) is 42.4 Å². The molecule has 7 heteroatoms. The van der Waals surface area contributed by atoms with E-state index in [1.54, 1.807) is 12.1 Å². The summed E-state index contributed by atoms with van der Waals surface area (Å²) in [4.78, 5) is 26.3. The lowest BCUT2D eigenvalue weighted by Gasteiger charge is -2.09. The zero-order chi connectivity index (χ0) is 18.1. The molecule has 0 fully saturated rings. The number of halogens is 1. The molecule has 2 aromatic heterocycles. The molecule has 0 unspecified atom stereocenters. The number of furan rings is 1. The summed E-state index contributed by atoms with van der Waals surface area (Å²) in [6, 6.07) is 7.12. The number of hydrogen-bond acceptors (Lipinski definition) is 4. The van der Waals surface area contributed by atoms with E-state index in [9.17, 15) is 9.59 Å². The normalized spacial score (nSPS) is 13.4. The standard InChI is InChI=1S/C19H17BrN2O4/c20-11-7-15(19(24)21-9-11)22-18(23)10-25-12-5-6-17-14(8-12)13-3-1-2-4-16(13)26-17/h5-9H,1-4,10H2,(H,21,24)(H,22,23). The molecule has 2 heterocycles. The van der Waals surface area contributed by atoms with E-state index in [-0.39, 0.29) is 17.9 Å². The van der Waals surface area contributed by atoms with Crippen LogP contribution in [0.5, 0.6) is 5.75 Å². The first-order valence-corrected chi connectivity index (χ1v) is 9.24. The van der Waals surface area contributed by atoms with Crippen molar-refractivity contribution in [2.75, 3.05) is 11.9 Å². The van der Waals surface area contributed by atoms with Crippen LogP contribution in [0.25, 0.3) is 11.0 Å². The van der Waals surface area contributed by atoms with Crippen LogP contribution in [0.3, 0.4) is 0 Å². The average molecular weight is 417 g/mol. The second kappa shape index (κ2) is 6.99. The second-order valence-electron chi connectivity index (χ2n) is 6.27. The SMILES string of the molecule is O=C(COc1ccc2oc3c(c2c1)CCCC3)Nc1cc(Br)c[nH]c1=O. The molecule has 0 bridgehead atoms. The van der Waals surface area contributed by atoms with Crippen molar-refractivity contribution in [1.29, 1.82) is 0 Å². The Balaban J connectivity index is 1.46. The summed E-state index contributed by atoms with van der Waals surface area (Å²) in [6.07, 6.45) is 5.82. The number of nitrogens with one attached hydrogen (secondary N) is 2. The summed E-state index contributed by atoms with van der Waals surface area (Å²) in [7, 11) is 0. The van der Waals surface area contributed by atoms with Gasteiger partial charge in [0.1, 0.15) is 22.8 Å². The molecule has 0 spiro atoms.